The van der Waals surface area contributed by atoms with Crippen LogP contribution in [-0.2, 0) is 14.4 Å². The molecule has 1 fully saturated rings. The average molecular weight is 286 g/mol. The molecule has 0 spiro atoms. The van der Waals surface area contributed by atoms with Crippen molar-refractivity contribution in [1.29, 1.82) is 0 Å². The summed E-state index contributed by atoms with van der Waals surface area (Å²) in [5.74, 6) is -0.188. The van der Waals surface area contributed by atoms with E-state index in [1.807, 2.05) is 0 Å². The molecular weight excluding hydrogens is 260 g/mol. The van der Waals surface area contributed by atoms with Crippen LogP contribution in [0.25, 0.3) is 0 Å². The molecule has 0 aromatic heterocycles. The van der Waals surface area contributed by atoms with Crippen molar-refractivity contribution in [3.05, 3.63) is 0 Å². The third kappa shape index (κ3) is 5.77. The highest BCUT2D eigenvalue weighted by atomic mass is 16.7. The molecule has 6 heteroatoms. The second-order valence-electron chi connectivity index (χ2n) is 4.92. The van der Waals surface area contributed by atoms with Crippen LogP contribution in [0.2, 0.25) is 0 Å². The van der Waals surface area contributed by atoms with Crippen molar-refractivity contribution in [2.24, 2.45) is 0 Å². The number of ether oxygens (including phenoxy) is 1. The molecule has 0 aromatic rings. The SMILES string of the molecule is CCCCCCCCN1OC[C@@H](NC(=O)OCC)C1=O. The fourth-order valence-electron chi connectivity index (χ4n) is 2.10. The molecule has 0 saturated carbocycles. The Balaban J connectivity index is 2.16. The van der Waals surface area contributed by atoms with E-state index < -0.39 is 12.1 Å². The van der Waals surface area contributed by atoms with Gasteiger partial charge < -0.3 is 10.1 Å². The third-order valence-electron chi connectivity index (χ3n) is 3.22. The molecule has 1 heterocycles. The van der Waals surface area contributed by atoms with Crippen LogP contribution in [-0.4, -0.2) is 42.9 Å². The summed E-state index contributed by atoms with van der Waals surface area (Å²) in [6.07, 6.45) is 6.40. The number of nitrogens with one attached hydrogen (secondary N) is 1. The monoisotopic (exact) mass is 286 g/mol. The molecule has 20 heavy (non-hydrogen) atoms. The van der Waals surface area contributed by atoms with E-state index in [-0.39, 0.29) is 19.1 Å². The van der Waals surface area contributed by atoms with E-state index in [2.05, 4.69) is 12.2 Å². The molecule has 116 valence electrons. The van der Waals surface area contributed by atoms with E-state index in [1.54, 1.807) is 6.92 Å². The largest absolute Gasteiger partial charge is 0.450 e. The Morgan fingerprint density at radius 2 is 2.00 bits per heavy atom. The van der Waals surface area contributed by atoms with Crippen molar-refractivity contribution in [2.75, 3.05) is 19.8 Å². The van der Waals surface area contributed by atoms with Crippen LogP contribution in [0.1, 0.15) is 52.4 Å². The van der Waals surface area contributed by atoms with Crippen LogP contribution in [0.15, 0.2) is 0 Å². The first-order valence-corrected chi connectivity index (χ1v) is 7.56. The number of carbonyl (C=O) groups is 2. The normalized spacial score (nSPS) is 18.4. The van der Waals surface area contributed by atoms with Gasteiger partial charge in [0.05, 0.1) is 6.61 Å². The molecule has 0 aromatic carbocycles. The second-order valence-corrected chi connectivity index (χ2v) is 4.92. The fourth-order valence-corrected chi connectivity index (χ4v) is 2.10. The lowest BCUT2D eigenvalue weighted by molar-refractivity contribution is -0.161. The van der Waals surface area contributed by atoms with Gasteiger partial charge in [-0.05, 0) is 13.3 Å². The number of carbonyl (C=O) groups excluding carboxylic acids is 2. The van der Waals surface area contributed by atoms with Crippen molar-refractivity contribution in [2.45, 2.75) is 58.4 Å². The lowest BCUT2D eigenvalue weighted by Gasteiger charge is -2.14. The summed E-state index contributed by atoms with van der Waals surface area (Å²) in [6, 6.07) is -0.617. The van der Waals surface area contributed by atoms with Gasteiger partial charge in [-0.25, -0.2) is 9.86 Å². The Morgan fingerprint density at radius 3 is 2.70 bits per heavy atom. The molecule has 0 unspecified atom stereocenters. The minimum absolute atomic E-state index is 0.188. The molecule has 0 radical (unpaired) electrons. The number of amides is 2. The van der Waals surface area contributed by atoms with Gasteiger partial charge in [-0.3, -0.25) is 9.63 Å². The maximum absolute atomic E-state index is 11.9. The Morgan fingerprint density at radius 1 is 1.30 bits per heavy atom. The molecule has 1 rings (SSSR count). The number of nitrogens with zero attached hydrogens (tertiary/aromatic N) is 1. The van der Waals surface area contributed by atoms with E-state index in [1.165, 1.54) is 30.7 Å². The minimum Gasteiger partial charge on any atom is -0.450 e. The summed E-state index contributed by atoms with van der Waals surface area (Å²) in [5, 5.41) is 3.86. The van der Waals surface area contributed by atoms with Gasteiger partial charge in [0.25, 0.3) is 5.91 Å². The van der Waals surface area contributed by atoms with E-state index in [0.717, 1.165) is 12.8 Å². The van der Waals surface area contributed by atoms with Gasteiger partial charge in [0.15, 0.2) is 0 Å². The van der Waals surface area contributed by atoms with E-state index in [0.29, 0.717) is 6.54 Å². The van der Waals surface area contributed by atoms with Crippen LogP contribution >= 0.6 is 0 Å². The predicted octanol–water partition coefficient (Wildman–Crippen LogP) is 2.24. The first kappa shape index (κ1) is 16.8. The summed E-state index contributed by atoms with van der Waals surface area (Å²) < 4.78 is 4.75. The van der Waals surface area contributed by atoms with Crippen molar-refractivity contribution in [3.8, 4) is 0 Å². The van der Waals surface area contributed by atoms with Gasteiger partial charge in [0.2, 0.25) is 0 Å². The van der Waals surface area contributed by atoms with Gasteiger partial charge in [-0.15, -0.1) is 0 Å². The van der Waals surface area contributed by atoms with Gasteiger partial charge in [-0.2, -0.15) is 0 Å². The standard InChI is InChI=1S/C14H26N2O4/c1-3-5-6-7-8-9-10-16-13(17)12(11-20-16)15-14(18)19-4-2/h12H,3-11H2,1-2H3,(H,15,18)/t12-/m1/s1. The Bertz CT molecular complexity index is 310. The maximum atomic E-state index is 11.9. The Labute approximate surface area is 120 Å². The number of hydrogen-bond acceptors (Lipinski definition) is 4. The van der Waals surface area contributed by atoms with Gasteiger partial charge in [-0.1, -0.05) is 39.0 Å². The zero-order valence-corrected chi connectivity index (χ0v) is 12.5. The molecule has 1 atom stereocenters. The third-order valence-corrected chi connectivity index (χ3v) is 3.22. The number of alkyl carbamates (subject to hydrolysis) is 1. The van der Waals surface area contributed by atoms with Crippen LogP contribution in [0, 0.1) is 0 Å². The van der Waals surface area contributed by atoms with Gasteiger partial charge in [0.1, 0.15) is 12.6 Å². The number of hydroxylamine groups is 2. The minimum atomic E-state index is -0.617. The Hall–Kier alpha value is -1.30. The quantitative estimate of drug-likeness (QED) is 0.660. The van der Waals surface area contributed by atoms with E-state index in [9.17, 15) is 9.59 Å². The van der Waals surface area contributed by atoms with Crippen molar-refractivity contribution < 1.29 is 19.2 Å². The smallest absolute Gasteiger partial charge is 0.407 e. The van der Waals surface area contributed by atoms with Crippen molar-refractivity contribution >= 4 is 12.0 Å². The second kappa shape index (κ2) is 9.58. The Kier molecular flexibility index (Phi) is 8.02. The highest BCUT2D eigenvalue weighted by Crippen LogP contribution is 2.11. The van der Waals surface area contributed by atoms with Crippen LogP contribution in [0.5, 0.6) is 0 Å². The first-order chi connectivity index (χ1) is 9.69. The molecule has 6 nitrogen and oxygen atoms in total. The molecule has 1 aliphatic heterocycles. The molecule has 2 amide bonds. The molecule has 0 aliphatic carbocycles. The molecule has 0 bridgehead atoms. The number of rotatable bonds is 9. The highest BCUT2D eigenvalue weighted by Gasteiger charge is 2.34. The summed E-state index contributed by atoms with van der Waals surface area (Å²) in [5.41, 5.74) is 0. The summed E-state index contributed by atoms with van der Waals surface area (Å²) in [4.78, 5) is 28.5. The highest BCUT2D eigenvalue weighted by molar-refractivity contribution is 5.86. The molecule has 1 saturated heterocycles. The molecule has 1 aliphatic rings. The zero-order valence-electron chi connectivity index (χ0n) is 12.5. The van der Waals surface area contributed by atoms with Crippen molar-refractivity contribution in [1.82, 2.24) is 10.4 Å². The summed E-state index contributed by atoms with van der Waals surface area (Å²) in [7, 11) is 0. The van der Waals surface area contributed by atoms with Crippen LogP contribution < -0.4 is 5.32 Å². The molecular formula is C14H26N2O4. The summed E-state index contributed by atoms with van der Waals surface area (Å²) in [6.45, 7) is 4.97. The lowest BCUT2D eigenvalue weighted by Crippen LogP contribution is -2.43. The molecule has 1 N–H and O–H groups in total. The van der Waals surface area contributed by atoms with Crippen LogP contribution in [0.4, 0.5) is 4.79 Å². The number of unbranched alkanes of at least 4 members (excludes halogenated alkanes) is 5. The zero-order chi connectivity index (χ0) is 14.8. The average Bonchev–Trinajstić information content (AvgIpc) is 2.76. The van der Waals surface area contributed by atoms with Crippen LogP contribution in [0.3, 0.4) is 0 Å². The maximum Gasteiger partial charge on any atom is 0.407 e. The van der Waals surface area contributed by atoms with Crippen molar-refractivity contribution in [3.63, 3.8) is 0 Å². The van der Waals surface area contributed by atoms with E-state index in [4.69, 9.17) is 9.57 Å². The topological polar surface area (TPSA) is 67.9 Å². The lowest BCUT2D eigenvalue weighted by atomic mass is 10.1. The predicted molar refractivity (Wildman–Crippen MR) is 75.0 cm³/mol. The van der Waals surface area contributed by atoms with Gasteiger partial charge in [0, 0.05) is 6.54 Å². The van der Waals surface area contributed by atoms with Gasteiger partial charge >= 0.3 is 6.09 Å². The first-order valence-electron chi connectivity index (χ1n) is 7.56. The fraction of sp³-hybridized carbons (Fsp3) is 0.857. The van der Waals surface area contributed by atoms with E-state index >= 15 is 0 Å². The number of hydrogen-bond donors (Lipinski definition) is 1. The summed E-state index contributed by atoms with van der Waals surface area (Å²) >= 11 is 0.